The number of carbonyl (C=O) groups is 1. The maximum absolute atomic E-state index is 14.3. The van der Waals surface area contributed by atoms with E-state index < -0.39 is 11.4 Å². The van der Waals surface area contributed by atoms with Gasteiger partial charge in [0.2, 0.25) is 0 Å². The number of para-hydroxylation sites is 1. The first-order valence-electron chi connectivity index (χ1n) is 8.80. The first-order valence-corrected chi connectivity index (χ1v) is 8.80. The van der Waals surface area contributed by atoms with Crippen molar-refractivity contribution in [3.63, 3.8) is 0 Å². The van der Waals surface area contributed by atoms with Gasteiger partial charge in [-0.2, -0.15) is 0 Å². The number of piperidine rings is 1. The predicted molar refractivity (Wildman–Crippen MR) is 95.6 cm³/mol. The molecule has 26 heavy (non-hydrogen) atoms. The van der Waals surface area contributed by atoms with Crippen LogP contribution < -0.4 is 4.74 Å². The van der Waals surface area contributed by atoms with Crippen molar-refractivity contribution < 1.29 is 23.1 Å². The Hall–Kier alpha value is -2.50. The molecule has 0 aliphatic carbocycles. The van der Waals surface area contributed by atoms with Crippen LogP contribution in [0.5, 0.6) is 5.75 Å². The van der Waals surface area contributed by atoms with Gasteiger partial charge in [0.25, 0.3) is 0 Å². The highest BCUT2D eigenvalue weighted by molar-refractivity contribution is 5.68. The van der Waals surface area contributed by atoms with Gasteiger partial charge in [-0.3, -0.25) is 0 Å². The van der Waals surface area contributed by atoms with Crippen LogP contribution >= 0.6 is 0 Å². The Morgan fingerprint density at radius 1 is 1.19 bits per heavy atom. The van der Waals surface area contributed by atoms with Gasteiger partial charge in [0.15, 0.2) is 11.6 Å². The van der Waals surface area contributed by atoms with E-state index in [0.29, 0.717) is 37.3 Å². The van der Waals surface area contributed by atoms with Gasteiger partial charge in [0, 0.05) is 25.9 Å². The highest BCUT2D eigenvalue weighted by Crippen LogP contribution is 2.34. The number of nitrogens with zero attached hydrogens (tertiary/aromatic N) is 1. The van der Waals surface area contributed by atoms with Gasteiger partial charge in [-0.15, -0.1) is 0 Å². The Morgan fingerprint density at radius 2 is 1.92 bits per heavy atom. The van der Waals surface area contributed by atoms with Crippen LogP contribution in [0.25, 0.3) is 11.3 Å². The average molecular weight is 361 g/mol. The van der Waals surface area contributed by atoms with Crippen molar-refractivity contribution in [3.8, 4) is 17.1 Å². The summed E-state index contributed by atoms with van der Waals surface area (Å²) in [5.74, 6) is 0.331. The molecule has 5 nitrogen and oxygen atoms in total. The van der Waals surface area contributed by atoms with Crippen molar-refractivity contribution in [2.24, 2.45) is 0 Å². The van der Waals surface area contributed by atoms with Gasteiger partial charge >= 0.3 is 6.09 Å². The third-order valence-corrected chi connectivity index (χ3v) is 4.13. The maximum Gasteiger partial charge on any atom is 0.410 e. The van der Waals surface area contributed by atoms with Gasteiger partial charge in [-0.05, 0) is 45.0 Å². The molecule has 0 atom stereocenters. The molecule has 0 spiro atoms. The summed E-state index contributed by atoms with van der Waals surface area (Å²) in [5, 5.41) is 0. The lowest BCUT2D eigenvalue weighted by Gasteiger charge is -2.33. The smallest absolute Gasteiger partial charge is 0.410 e. The molecule has 1 aromatic carbocycles. The molecule has 1 saturated heterocycles. The fourth-order valence-corrected chi connectivity index (χ4v) is 2.90. The van der Waals surface area contributed by atoms with E-state index in [4.69, 9.17) is 13.9 Å². The largest absolute Gasteiger partial charge is 0.486 e. The summed E-state index contributed by atoms with van der Waals surface area (Å²) >= 11 is 0. The number of hydrogen-bond donors (Lipinski definition) is 0. The van der Waals surface area contributed by atoms with Gasteiger partial charge in [0.05, 0.1) is 11.8 Å². The van der Waals surface area contributed by atoms with Crippen molar-refractivity contribution in [2.45, 2.75) is 45.3 Å². The number of amides is 1. The molecule has 0 N–H and O–H groups in total. The van der Waals surface area contributed by atoms with Crippen molar-refractivity contribution in [1.29, 1.82) is 0 Å². The molecule has 2 aromatic rings. The van der Waals surface area contributed by atoms with Crippen LogP contribution in [0.3, 0.4) is 0 Å². The molecule has 0 saturated carbocycles. The summed E-state index contributed by atoms with van der Waals surface area (Å²) in [6.07, 6.45) is 2.29. The first kappa shape index (κ1) is 18.3. The topological polar surface area (TPSA) is 51.9 Å². The summed E-state index contributed by atoms with van der Waals surface area (Å²) in [6.45, 7) is 6.56. The summed E-state index contributed by atoms with van der Waals surface area (Å²) in [4.78, 5) is 13.8. The minimum Gasteiger partial charge on any atom is -0.486 e. The Labute approximate surface area is 152 Å². The third-order valence-electron chi connectivity index (χ3n) is 4.13. The first-order chi connectivity index (χ1) is 12.3. The Morgan fingerprint density at radius 3 is 2.54 bits per heavy atom. The Kier molecular flexibility index (Phi) is 5.20. The van der Waals surface area contributed by atoms with E-state index in [0.717, 1.165) is 0 Å². The molecule has 1 aromatic heterocycles. The standard InChI is InChI=1S/C20H24FNO4/c1-20(2,3)26-19(23)22-11-9-14(10-12-22)25-18-15(6-4-7-16(18)21)17-8-5-13-24-17/h4-8,13-14H,9-12H2,1-3H3. The molecular formula is C20H24FNO4. The quantitative estimate of drug-likeness (QED) is 0.783. The lowest BCUT2D eigenvalue weighted by atomic mass is 10.1. The fourth-order valence-electron chi connectivity index (χ4n) is 2.90. The summed E-state index contributed by atoms with van der Waals surface area (Å²) < 4.78 is 31.1. The van der Waals surface area contributed by atoms with E-state index in [1.54, 1.807) is 35.4 Å². The molecule has 1 aliphatic rings. The highest BCUT2D eigenvalue weighted by atomic mass is 19.1. The number of hydrogen-bond acceptors (Lipinski definition) is 4. The van der Waals surface area contributed by atoms with E-state index in [1.807, 2.05) is 20.8 Å². The second-order valence-corrected chi connectivity index (χ2v) is 7.38. The van der Waals surface area contributed by atoms with E-state index >= 15 is 0 Å². The fraction of sp³-hybridized carbons (Fsp3) is 0.450. The van der Waals surface area contributed by atoms with Crippen LogP contribution in [-0.4, -0.2) is 35.8 Å². The summed E-state index contributed by atoms with van der Waals surface area (Å²) in [5.41, 5.74) is 0.0693. The molecule has 1 aliphatic heterocycles. The number of benzene rings is 1. The lowest BCUT2D eigenvalue weighted by molar-refractivity contribution is 0.0124. The van der Waals surface area contributed by atoms with E-state index in [2.05, 4.69) is 0 Å². The Balaban J connectivity index is 1.65. The predicted octanol–water partition coefficient (Wildman–Crippen LogP) is 4.86. The molecule has 1 amide bonds. The SMILES string of the molecule is CC(C)(C)OC(=O)N1CCC(Oc2c(F)cccc2-c2ccco2)CC1. The minimum atomic E-state index is -0.518. The second kappa shape index (κ2) is 7.40. The Bertz CT molecular complexity index is 744. The zero-order chi connectivity index (χ0) is 18.7. The number of likely N-dealkylation sites (tertiary alicyclic amines) is 1. The van der Waals surface area contributed by atoms with Crippen molar-refractivity contribution in [1.82, 2.24) is 4.90 Å². The molecule has 0 radical (unpaired) electrons. The van der Waals surface area contributed by atoms with Crippen molar-refractivity contribution >= 4 is 6.09 Å². The number of ether oxygens (including phenoxy) is 2. The normalized spacial score (nSPS) is 15.8. The number of rotatable bonds is 3. The molecule has 140 valence electrons. The average Bonchev–Trinajstić information content (AvgIpc) is 3.10. The highest BCUT2D eigenvalue weighted by Gasteiger charge is 2.28. The van der Waals surface area contributed by atoms with Crippen molar-refractivity contribution in [3.05, 3.63) is 42.4 Å². The van der Waals surface area contributed by atoms with E-state index in [9.17, 15) is 9.18 Å². The van der Waals surface area contributed by atoms with Crippen LogP contribution in [0.1, 0.15) is 33.6 Å². The third kappa shape index (κ3) is 4.36. The van der Waals surface area contributed by atoms with Gasteiger partial charge < -0.3 is 18.8 Å². The van der Waals surface area contributed by atoms with Crippen LogP contribution in [0.2, 0.25) is 0 Å². The van der Waals surface area contributed by atoms with Crippen LogP contribution in [0, 0.1) is 5.82 Å². The molecule has 0 unspecified atom stereocenters. The van der Waals surface area contributed by atoms with Crippen LogP contribution in [0.15, 0.2) is 41.0 Å². The lowest BCUT2D eigenvalue weighted by Crippen LogP contribution is -2.44. The maximum atomic E-state index is 14.3. The van der Waals surface area contributed by atoms with Crippen LogP contribution in [0.4, 0.5) is 9.18 Å². The molecule has 6 heteroatoms. The summed E-state index contributed by atoms with van der Waals surface area (Å²) in [7, 11) is 0. The van der Waals surface area contributed by atoms with Gasteiger partial charge in [-0.1, -0.05) is 6.07 Å². The molecule has 2 heterocycles. The zero-order valence-corrected chi connectivity index (χ0v) is 15.3. The number of carbonyl (C=O) groups excluding carboxylic acids is 1. The van der Waals surface area contributed by atoms with Gasteiger partial charge in [-0.25, -0.2) is 9.18 Å². The molecule has 1 fully saturated rings. The molecule has 3 rings (SSSR count). The van der Waals surface area contributed by atoms with Crippen molar-refractivity contribution in [2.75, 3.05) is 13.1 Å². The van der Waals surface area contributed by atoms with Crippen LogP contribution in [-0.2, 0) is 4.74 Å². The molecular weight excluding hydrogens is 337 g/mol. The zero-order valence-electron chi connectivity index (χ0n) is 15.3. The number of furan rings is 1. The van der Waals surface area contributed by atoms with E-state index in [1.165, 1.54) is 6.07 Å². The second-order valence-electron chi connectivity index (χ2n) is 7.38. The number of halogens is 1. The van der Waals surface area contributed by atoms with Gasteiger partial charge in [0.1, 0.15) is 17.5 Å². The van der Waals surface area contributed by atoms with E-state index in [-0.39, 0.29) is 17.9 Å². The monoisotopic (exact) mass is 361 g/mol. The summed E-state index contributed by atoms with van der Waals surface area (Å²) in [6, 6.07) is 8.30. The minimum absolute atomic E-state index is 0.167. The molecule has 0 bridgehead atoms.